The van der Waals surface area contributed by atoms with Gasteiger partial charge in [-0.1, -0.05) is 46.9 Å². The molecule has 0 radical (unpaired) electrons. The first-order chi connectivity index (χ1) is 9.11. The molecule has 2 aromatic rings. The van der Waals surface area contributed by atoms with Gasteiger partial charge in [0, 0.05) is 16.1 Å². The van der Waals surface area contributed by atoms with Gasteiger partial charge in [0.1, 0.15) is 12.4 Å². The van der Waals surface area contributed by atoms with E-state index in [0.717, 1.165) is 5.56 Å². The Kier molecular flexibility index (Phi) is 4.94. The molecule has 0 aromatic heterocycles. The third kappa shape index (κ3) is 3.54. The number of hydrogen-bond acceptors (Lipinski definition) is 2. The lowest BCUT2D eigenvalue weighted by atomic mass is 10.2. The van der Waals surface area contributed by atoms with Gasteiger partial charge in [0.2, 0.25) is 0 Å². The van der Waals surface area contributed by atoms with E-state index in [1.807, 2.05) is 12.1 Å². The highest BCUT2D eigenvalue weighted by Crippen LogP contribution is 2.28. The molecule has 0 saturated carbocycles. The zero-order chi connectivity index (χ0) is 13.8. The van der Waals surface area contributed by atoms with Crippen molar-refractivity contribution in [3.05, 3.63) is 62.6 Å². The first-order valence-corrected chi connectivity index (χ1v) is 6.70. The van der Waals surface area contributed by atoms with Crippen LogP contribution in [0.5, 0.6) is 5.75 Å². The number of ether oxygens (including phenoxy) is 1. The van der Waals surface area contributed by atoms with Crippen molar-refractivity contribution in [1.82, 2.24) is 0 Å². The lowest BCUT2D eigenvalue weighted by molar-refractivity contribution is 0.259. The van der Waals surface area contributed by atoms with E-state index >= 15 is 0 Å². The van der Waals surface area contributed by atoms with Crippen molar-refractivity contribution in [2.45, 2.75) is 13.2 Å². The van der Waals surface area contributed by atoms with Gasteiger partial charge in [-0.05, 0) is 24.3 Å². The SMILES string of the molecule is OCc1cc(Cl)ccc1OCc1cccc(Cl)c1Cl. The fourth-order valence-corrected chi connectivity index (χ4v) is 2.20. The van der Waals surface area contributed by atoms with E-state index in [1.165, 1.54) is 0 Å². The summed E-state index contributed by atoms with van der Waals surface area (Å²) in [5.41, 5.74) is 1.42. The van der Waals surface area contributed by atoms with Gasteiger partial charge >= 0.3 is 0 Å². The minimum atomic E-state index is -0.140. The molecule has 0 atom stereocenters. The van der Waals surface area contributed by atoms with Gasteiger partial charge in [-0.25, -0.2) is 0 Å². The normalized spacial score (nSPS) is 10.5. The standard InChI is InChI=1S/C14H11Cl3O2/c15-11-4-5-13(10(6-11)7-18)19-8-9-2-1-3-12(16)14(9)17/h1-6,18H,7-8H2. The fourth-order valence-electron chi connectivity index (χ4n) is 1.63. The minimum Gasteiger partial charge on any atom is -0.488 e. The Labute approximate surface area is 126 Å². The number of aliphatic hydroxyl groups is 1. The fraction of sp³-hybridized carbons (Fsp3) is 0.143. The number of aliphatic hydroxyl groups excluding tert-OH is 1. The van der Waals surface area contributed by atoms with Crippen LogP contribution in [0, 0.1) is 0 Å². The first kappa shape index (κ1) is 14.5. The van der Waals surface area contributed by atoms with Gasteiger partial charge < -0.3 is 9.84 Å². The molecule has 0 spiro atoms. The van der Waals surface area contributed by atoms with Crippen molar-refractivity contribution in [2.75, 3.05) is 0 Å². The first-order valence-electron chi connectivity index (χ1n) is 5.57. The molecule has 0 aliphatic rings. The average Bonchev–Trinajstić information content (AvgIpc) is 2.41. The molecule has 0 saturated heterocycles. The second kappa shape index (κ2) is 6.49. The topological polar surface area (TPSA) is 29.5 Å². The van der Waals surface area contributed by atoms with Crippen LogP contribution in [0.4, 0.5) is 0 Å². The highest BCUT2D eigenvalue weighted by atomic mass is 35.5. The maximum Gasteiger partial charge on any atom is 0.125 e. The number of benzene rings is 2. The molecule has 0 aliphatic carbocycles. The Morgan fingerprint density at radius 1 is 1.00 bits per heavy atom. The summed E-state index contributed by atoms with van der Waals surface area (Å²) in [6.45, 7) is 0.132. The summed E-state index contributed by atoms with van der Waals surface area (Å²) in [6.07, 6.45) is 0. The summed E-state index contributed by atoms with van der Waals surface area (Å²) in [4.78, 5) is 0. The third-order valence-corrected chi connectivity index (χ3v) is 3.70. The van der Waals surface area contributed by atoms with Crippen LogP contribution < -0.4 is 4.74 Å². The Bertz CT molecular complexity index is 585. The molecule has 0 fully saturated rings. The number of halogens is 3. The van der Waals surface area contributed by atoms with E-state index in [0.29, 0.717) is 26.4 Å². The molecule has 5 heteroatoms. The highest BCUT2D eigenvalue weighted by Gasteiger charge is 2.08. The van der Waals surface area contributed by atoms with Gasteiger partial charge in [-0.15, -0.1) is 0 Å². The predicted octanol–water partition coefficient (Wildman–Crippen LogP) is 4.72. The van der Waals surface area contributed by atoms with Crippen molar-refractivity contribution >= 4 is 34.8 Å². The molecule has 100 valence electrons. The van der Waals surface area contributed by atoms with Crippen LogP contribution in [-0.4, -0.2) is 5.11 Å². The average molecular weight is 318 g/mol. The summed E-state index contributed by atoms with van der Waals surface area (Å²) in [6, 6.07) is 10.4. The summed E-state index contributed by atoms with van der Waals surface area (Å²) in [7, 11) is 0. The Hall–Kier alpha value is -0.930. The molecular weight excluding hydrogens is 307 g/mol. The lowest BCUT2D eigenvalue weighted by Gasteiger charge is -2.11. The van der Waals surface area contributed by atoms with E-state index in [9.17, 15) is 5.11 Å². The quantitative estimate of drug-likeness (QED) is 0.884. The van der Waals surface area contributed by atoms with Crippen molar-refractivity contribution in [2.24, 2.45) is 0 Å². The van der Waals surface area contributed by atoms with E-state index in [1.54, 1.807) is 24.3 Å². The van der Waals surface area contributed by atoms with Gasteiger partial charge in [-0.2, -0.15) is 0 Å². The molecule has 2 nitrogen and oxygen atoms in total. The molecule has 2 aromatic carbocycles. The molecule has 0 heterocycles. The molecule has 0 unspecified atom stereocenters. The zero-order valence-electron chi connectivity index (χ0n) is 9.87. The van der Waals surface area contributed by atoms with Crippen molar-refractivity contribution in [3.8, 4) is 5.75 Å². The van der Waals surface area contributed by atoms with E-state index in [4.69, 9.17) is 39.5 Å². The van der Waals surface area contributed by atoms with Crippen LogP contribution >= 0.6 is 34.8 Å². The van der Waals surface area contributed by atoms with Crippen molar-refractivity contribution in [3.63, 3.8) is 0 Å². The van der Waals surface area contributed by atoms with Crippen molar-refractivity contribution < 1.29 is 9.84 Å². The van der Waals surface area contributed by atoms with Crippen LogP contribution in [0.3, 0.4) is 0 Å². The van der Waals surface area contributed by atoms with E-state index in [2.05, 4.69) is 0 Å². The van der Waals surface area contributed by atoms with Crippen LogP contribution in [0.2, 0.25) is 15.1 Å². The lowest BCUT2D eigenvalue weighted by Crippen LogP contribution is -1.99. The van der Waals surface area contributed by atoms with Crippen LogP contribution in [0.15, 0.2) is 36.4 Å². The summed E-state index contributed by atoms with van der Waals surface area (Å²) in [5, 5.41) is 10.8. The maximum atomic E-state index is 9.25. The largest absolute Gasteiger partial charge is 0.488 e. The Balaban J connectivity index is 2.17. The molecule has 19 heavy (non-hydrogen) atoms. The highest BCUT2D eigenvalue weighted by molar-refractivity contribution is 6.42. The Morgan fingerprint density at radius 3 is 2.53 bits per heavy atom. The van der Waals surface area contributed by atoms with Gasteiger partial charge in [0.25, 0.3) is 0 Å². The van der Waals surface area contributed by atoms with Gasteiger partial charge in [-0.3, -0.25) is 0 Å². The monoisotopic (exact) mass is 316 g/mol. The molecule has 0 bridgehead atoms. The molecule has 0 amide bonds. The number of hydrogen-bond donors (Lipinski definition) is 1. The molecule has 1 N–H and O–H groups in total. The summed E-state index contributed by atoms with van der Waals surface area (Å²) >= 11 is 17.9. The maximum absolute atomic E-state index is 9.25. The van der Waals surface area contributed by atoms with Crippen LogP contribution in [0.25, 0.3) is 0 Å². The summed E-state index contributed by atoms with van der Waals surface area (Å²) < 4.78 is 5.64. The number of rotatable bonds is 4. The molecule has 2 rings (SSSR count). The summed E-state index contributed by atoms with van der Waals surface area (Å²) in [5.74, 6) is 0.572. The van der Waals surface area contributed by atoms with E-state index < -0.39 is 0 Å². The molecular formula is C14H11Cl3O2. The van der Waals surface area contributed by atoms with E-state index in [-0.39, 0.29) is 13.2 Å². The Morgan fingerprint density at radius 2 is 1.79 bits per heavy atom. The molecule has 0 aliphatic heterocycles. The van der Waals surface area contributed by atoms with Gasteiger partial charge in [0.05, 0.1) is 16.7 Å². The van der Waals surface area contributed by atoms with Crippen LogP contribution in [0.1, 0.15) is 11.1 Å². The van der Waals surface area contributed by atoms with Crippen molar-refractivity contribution in [1.29, 1.82) is 0 Å². The van der Waals surface area contributed by atoms with Gasteiger partial charge in [0.15, 0.2) is 0 Å². The van der Waals surface area contributed by atoms with Crippen LogP contribution in [-0.2, 0) is 13.2 Å². The second-order valence-corrected chi connectivity index (χ2v) is 5.13. The minimum absolute atomic E-state index is 0.140. The predicted molar refractivity (Wildman–Crippen MR) is 78.2 cm³/mol. The smallest absolute Gasteiger partial charge is 0.125 e. The second-order valence-electron chi connectivity index (χ2n) is 3.91. The zero-order valence-corrected chi connectivity index (χ0v) is 12.1. The third-order valence-electron chi connectivity index (χ3n) is 2.61.